The summed E-state index contributed by atoms with van der Waals surface area (Å²) in [5, 5.41) is 19.7. The number of likely N-dealkylation sites (tertiary alicyclic amines) is 1. The lowest BCUT2D eigenvalue weighted by Crippen LogP contribution is -2.57. The highest BCUT2D eigenvalue weighted by Gasteiger charge is 2.44. The summed E-state index contributed by atoms with van der Waals surface area (Å²) >= 11 is 1.58. The van der Waals surface area contributed by atoms with Crippen LogP contribution in [0.2, 0.25) is 0 Å². The van der Waals surface area contributed by atoms with Crippen molar-refractivity contribution in [2.45, 2.75) is 148 Å². The van der Waals surface area contributed by atoms with Crippen molar-refractivity contribution in [2.75, 3.05) is 18.8 Å². The Hall–Kier alpha value is -7.34. The number of benzene rings is 3. The van der Waals surface area contributed by atoms with E-state index in [1.54, 1.807) is 17.5 Å². The summed E-state index contributed by atoms with van der Waals surface area (Å²) in [4.78, 5) is 75.0. The molecule has 0 bridgehead atoms. The summed E-state index contributed by atoms with van der Waals surface area (Å²) in [5.41, 5.74) is 24.0. The van der Waals surface area contributed by atoms with E-state index in [-0.39, 0.29) is 55.1 Å². The van der Waals surface area contributed by atoms with Gasteiger partial charge in [-0.25, -0.2) is 19.9 Å². The summed E-state index contributed by atoms with van der Waals surface area (Å²) in [6, 6.07) is 30.6. The molecule has 1 saturated carbocycles. The summed E-state index contributed by atoms with van der Waals surface area (Å²) in [7, 11) is 0. The molecule has 1 aliphatic heterocycles. The molecule has 3 aromatic carbocycles. The first-order valence-corrected chi connectivity index (χ1v) is 28.8. The third-order valence-corrected chi connectivity index (χ3v) is 16.5. The van der Waals surface area contributed by atoms with Crippen molar-refractivity contribution >= 4 is 51.9 Å². The monoisotopic (exact) mass is 1090 g/mol. The summed E-state index contributed by atoms with van der Waals surface area (Å²) in [5.74, 6) is 0.169. The Bertz CT molecular complexity index is 3250. The fourth-order valence-electron chi connectivity index (χ4n) is 10.7. The Labute approximate surface area is 467 Å². The van der Waals surface area contributed by atoms with E-state index < -0.39 is 23.6 Å². The number of thiazole rings is 1. The highest BCUT2D eigenvalue weighted by molar-refractivity contribution is 7.13. The van der Waals surface area contributed by atoms with Gasteiger partial charge >= 0.3 is 0 Å². The molecular weight excluding hydrogens is 1010 g/mol. The number of nitrogens with one attached hydrogen (secondary N) is 3. The number of hydrogen-bond donors (Lipinski definition) is 6. The van der Waals surface area contributed by atoms with Gasteiger partial charge in [-0.2, -0.15) is 0 Å². The molecule has 9 rings (SSSR count). The molecule has 16 nitrogen and oxygen atoms in total. The van der Waals surface area contributed by atoms with Crippen molar-refractivity contribution in [3.63, 3.8) is 0 Å². The first-order valence-electron chi connectivity index (χ1n) is 28.0. The Morgan fingerprint density at radius 2 is 1.53 bits per heavy atom. The number of carbonyl (C=O) groups is 4. The number of nitrogens with zero attached hydrogens (tertiary/aromatic N) is 6. The largest absolute Gasteiger partial charge is 0.391 e. The second-order valence-electron chi connectivity index (χ2n) is 22.5. The standard InChI is InChI=1S/C62H75N11O5S/c1-40-54(79-39-68-40)43-22-20-42(21-23-43)37-67-59(77)51-36-47(74)38-72(51)60(78)55(61(2,3)4)71-53(76)19-11-9-7-5-6-8-10-18-52(75)65-34-30-41-15-12-16-44(35-41)49-28-29-50-58(69-49)73(57(70-50)48-17-13-33-66-56(48)63)46-26-24-45(25-27-46)62(64)31-14-32-62/h12-13,15-17,20-29,33,35,39,47,51,55,74H,5-11,14,18-19,30-32,34,36-38,64H2,1-4H3,(H2,63,66)(H,65,75)(H,67,77)(H,71,76)/t47-,51+,55-/m1/s1. The lowest BCUT2D eigenvalue weighted by molar-refractivity contribution is -0.144. The number of nitrogen functional groups attached to an aromatic ring is 1. The van der Waals surface area contributed by atoms with Crippen molar-refractivity contribution in [2.24, 2.45) is 11.1 Å². The second kappa shape index (κ2) is 25.2. The molecule has 4 amide bonds. The Kier molecular flexibility index (Phi) is 18.0. The fourth-order valence-corrected chi connectivity index (χ4v) is 11.5. The Balaban J connectivity index is 0.678. The number of rotatable bonds is 23. The van der Waals surface area contributed by atoms with E-state index in [1.165, 1.54) is 4.90 Å². The quantitative estimate of drug-likeness (QED) is 0.0330. The average molecular weight is 1090 g/mol. The van der Waals surface area contributed by atoms with Crippen LogP contribution in [0.1, 0.15) is 127 Å². The number of imidazole rings is 1. The lowest BCUT2D eigenvalue weighted by atomic mass is 9.73. The molecular formula is C62H75N11O5S. The maximum Gasteiger partial charge on any atom is 0.246 e. The zero-order chi connectivity index (χ0) is 55.7. The van der Waals surface area contributed by atoms with Crippen LogP contribution < -0.4 is 27.4 Å². The predicted octanol–water partition coefficient (Wildman–Crippen LogP) is 9.48. The normalized spacial score (nSPS) is 16.4. The van der Waals surface area contributed by atoms with Crippen LogP contribution in [0.25, 0.3) is 49.9 Å². The Morgan fingerprint density at radius 3 is 2.20 bits per heavy atom. The van der Waals surface area contributed by atoms with E-state index in [9.17, 15) is 24.3 Å². The molecule has 1 aliphatic carbocycles. The van der Waals surface area contributed by atoms with Gasteiger partial charge in [-0.15, -0.1) is 11.3 Å². The third-order valence-electron chi connectivity index (χ3n) is 15.5. The van der Waals surface area contributed by atoms with Gasteiger partial charge in [-0.1, -0.05) is 107 Å². The SMILES string of the molecule is Cc1ncsc1-c1ccc(CNC(=O)[C@@H]2C[C@@H](O)CN2C(=O)[C@@H](NC(=O)CCCCCCCCCC(=O)NCCc2cccc(-c3ccc4nc(-c5cccnc5N)n(-c5ccc(C6(N)CCC6)cc5)c4n3)c2)C(C)(C)C)cc1. The van der Waals surface area contributed by atoms with E-state index in [0.29, 0.717) is 43.1 Å². The maximum atomic E-state index is 14.1. The van der Waals surface area contributed by atoms with Crippen LogP contribution in [-0.4, -0.2) is 89.4 Å². The van der Waals surface area contributed by atoms with Gasteiger partial charge in [-0.05, 0) is 116 Å². The van der Waals surface area contributed by atoms with Gasteiger partial charge in [-0.3, -0.25) is 23.7 Å². The molecule has 8 N–H and O–H groups in total. The summed E-state index contributed by atoms with van der Waals surface area (Å²) in [6.07, 6.45) is 11.8. The number of aromatic nitrogens is 5. The van der Waals surface area contributed by atoms with Crippen molar-refractivity contribution in [1.82, 2.24) is 45.4 Å². The number of hydrogen-bond acceptors (Lipinski definition) is 12. The number of unbranched alkanes of at least 4 members (excludes halogenated alkanes) is 6. The van der Waals surface area contributed by atoms with Crippen molar-refractivity contribution in [3.05, 3.63) is 131 Å². The number of carbonyl (C=O) groups excluding carboxylic acids is 4. The number of aliphatic hydroxyl groups excluding tert-OH is 1. The van der Waals surface area contributed by atoms with Gasteiger partial charge in [0.2, 0.25) is 23.6 Å². The number of anilines is 1. The van der Waals surface area contributed by atoms with Crippen LogP contribution in [0.3, 0.4) is 0 Å². The Morgan fingerprint density at radius 1 is 0.810 bits per heavy atom. The minimum Gasteiger partial charge on any atom is -0.391 e. The van der Waals surface area contributed by atoms with E-state index >= 15 is 0 Å². The minimum absolute atomic E-state index is 0.0238. The molecule has 414 valence electrons. The van der Waals surface area contributed by atoms with Crippen LogP contribution in [0.4, 0.5) is 5.82 Å². The van der Waals surface area contributed by atoms with Gasteiger partial charge in [0, 0.05) is 61.9 Å². The van der Waals surface area contributed by atoms with E-state index in [1.807, 2.05) is 98.4 Å². The molecule has 0 unspecified atom stereocenters. The first kappa shape index (κ1) is 56.4. The maximum absolute atomic E-state index is 14.1. The van der Waals surface area contributed by atoms with Crippen LogP contribution in [0, 0.1) is 12.3 Å². The zero-order valence-corrected chi connectivity index (χ0v) is 46.8. The predicted molar refractivity (Wildman–Crippen MR) is 312 cm³/mol. The average Bonchev–Trinajstić information content (AvgIpc) is 4.38. The number of amides is 4. The van der Waals surface area contributed by atoms with Gasteiger partial charge in [0.15, 0.2) is 11.5 Å². The number of nitrogens with two attached hydrogens (primary N) is 2. The van der Waals surface area contributed by atoms with Crippen molar-refractivity contribution < 1.29 is 24.3 Å². The zero-order valence-electron chi connectivity index (χ0n) is 46.0. The van der Waals surface area contributed by atoms with E-state index in [2.05, 4.69) is 62.3 Å². The minimum atomic E-state index is -0.866. The molecule has 0 spiro atoms. The van der Waals surface area contributed by atoms with Crippen molar-refractivity contribution in [1.29, 1.82) is 0 Å². The molecule has 2 fully saturated rings. The van der Waals surface area contributed by atoms with Crippen LogP contribution in [-0.2, 0) is 37.7 Å². The molecule has 4 aromatic heterocycles. The molecule has 79 heavy (non-hydrogen) atoms. The molecule has 0 radical (unpaired) electrons. The number of pyridine rings is 2. The molecule has 3 atom stereocenters. The molecule has 2 aliphatic rings. The first-order chi connectivity index (χ1) is 38.0. The second-order valence-corrected chi connectivity index (χ2v) is 23.4. The molecule has 7 aromatic rings. The fraction of sp³-hybridized carbons (Fsp3) is 0.419. The smallest absolute Gasteiger partial charge is 0.246 e. The molecule has 1 saturated heterocycles. The van der Waals surface area contributed by atoms with Crippen LogP contribution in [0.15, 0.2) is 109 Å². The molecule has 5 heterocycles. The van der Waals surface area contributed by atoms with Crippen LogP contribution >= 0.6 is 11.3 Å². The number of β-amino-alcohol motifs (C(OH)–C–C–N with tert-alkyl or cyclic N) is 1. The summed E-state index contributed by atoms with van der Waals surface area (Å²) in [6.45, 7) is 8.48. The van der Waals surface area contributed by atoms with Gasteiger partial charge in [0.05, 0.1) is 33.4 Å². The molecule has 17 heteroatoms. The topological polar surface area (TPSA) is 236 Å². The van der Waals surface area contributed by atoms with Gasteiger partial charge < -0.3 is 37.4 Å². The third kappa shape index (κ3) is 13.7. The summed E-state index contributed by atoms with van der Waals surface area (Å²) < 4.78 is 2.04. The van der Waals surface area contributed by atoms with Gasteiger partial charge in [0.1, 0.15) is 23.4 Å². The van der Waals surface area contributed by atoms with Crippen LogP contribution in [0.5, 0.6) is 0 Å². The van der Waals surface area contributed by atoms with E-state index in [0.717, 1.165) is 119 Å². The highest BCUT2D eigenvalue weighted by Crippen LogP contribution is 2.40. The van der Waals surface area contributed by atoms with Gasteiger partial charge in [0.25, 0.3) is 0 Å². The van der Waals surface area contributed by atoms with Crippen molar-refractivity contribution in [3.8, 4) is 38.8 Å². The lowest BCUT2D eigenvalue weighted by Gasteiger charge is -2.38. The number of aryl methyl sites for hydroxylation is 1. The van der Waals surface area contributed by atoms with E-state index in [4.69, 9.17) is 21.4 Å². The number of fused-ring (bicyclic) bond motifs is 1. The number of aliphatic hydroxyl groups is 1. The highest BCUT2D eigenvalue weighted by atomic mass is 32.1.